The second kappa shape index (κ2) is 5.02. The van der Waals surface area contributed by atoms with Gasteiger partial charge in [-0.2, -0.15) is 0 Å². The molecule has 1 aromatic rings. The first-order chi connectivity index (χ1) is 7.04. The second-order valence-corrected chi connectivity index (χ2v) is 3.56. The van der Waals surface area contributed by atoms with Gasteiger partial charge in [-0.3, -0.25) is 0 Å². The van der Waals surface area contributed by atoms with E-state index in [1.807, 2.05) is 0 Å². The van der Waals surface area contributed by atoms with Gasteiger partial charge >= 0.3 is 5.97 Å². The SMILES string of the molecule is COC(=O)C=Cc1c(F)cc(Br)cc1F. The quantitative estimate of drug-likeness (QED) is 0.613. The molecule has 0 fully saturated rings. The van der Waals surface area contributed by atoms with Crippen molar-refractivity contribution in [2.24, 2.45) is 0 Å². The summed E-state index contributed by atoms with van der Waals surface area (Å²) in [6.45, 7) is 0. The van der Waals surface area contributed by atoms with Gasteiger partial charge in [-0.05, 0) is 18.2 Å². The predicted molar refractivity (Wildman–Crippen MR) is 55.1 cm³/mol. The lowest BCUT2D eigenvalue weighted by Crippen LogP contribution is -1.95. The molecule has 0 radical (unpaired) electrons. The van der Waals surface area contributed by atoms with Crippen molar-refractivity contribution in [1.82, 2.24) is 0 Å². The van der Waals surface area contributed by atoms with Crippen LogP contribution < -0.4 is 0 Å². The van der Waals surface area contributed by atoms with Gasteiger partial charge < -0.3 is 4.74 Å². The molecule has 0 heterocycles. The third-order valence-electron chi connectivity index (χ3n) is 1.63. The fourth-order valence-electron chi connectivity index (χ4n) is 0.932. The lowest BCUT2D eigenvalue weighted by Gasteiger charge is -2.00. The van der Waals surface area contributed by atoms with Crippen LogP contribution in [0.5, 0.6) is 0 Å². The molecule has 0 aliphatic heterocycles. The van der Waals surface area contributed by atoms with Gasteiger partial charge in [-0.25, -0.2) is 13.6 Å². The van der Waals surface area contributed by atoms with Crippen LogP contribution in [0.25, 0.3) is 6.08 Å². The molecule has 0 bridgehead atoms. The highest BCUT2D eigenvalue weighted by molar-refractivity contribution is 9.10. The van der Waals surface area contributed by atoms with E-state index in [2.05, 4.69) is 20.7 Å². The molecule has 0 saturated carbocycles. The van der Waals surface area contributed by atoms with Gasteiger partial charge in [-0.15, -0.1) is 0 Å². The van der Waals surface area contributed by atoms with Crippen molar-refractivity contribution in [3.05, 3.63) is 39.9 Å². The fraction of sp³-hybridized carbons (Fsp3) is 0.100. The Morgan fingerprint density at radius 3 is 2.40 bits per heavy atom. The number of halogens is 3. The monoisotopic (exact) mass is 276 g/mol. The van der Waals surface area contributed by atoms with Crippen LogP contribution >= 0.6 is 15.9 Å². The molecule has 1 rings (SSSR count). The van der Waals surface area contributed by atoms with E-state index < -0.39 is 17.6 Å². The molecular formula is C10H7BrF2O2. The first-order valence-electron chi connectivity index (χ1n) is 3.95. The molecular weight excluding hydrogens is 270 g/mol. The number of rotatable bonds is 2. The molecule has 0 unspecified atom stereocenters. The summed E-state index contributed by atoms with van der Waals surface area (Å²) in [5.41, 5.74) is -0.274. The van der Waals surface area contributed by atoms with Gasteiger partial charge in [0.2, 0.25) is 0 Å². The van der Waals surface area contributed by atoms with Crippen LogP contribution in [0.1, 0.15) is 5.56 Å². The van der Waals surface area contributed by atoms with Crippen LogP contribution in [0.4, 0.5) is 8.78 Å². The minimum absolute atomic E-state index is 0.274. The average molecular weight is 277 g/mol. The highest BCUT2D eigenvalue weighted by Gasteiger charge is 2.07. The van der Waals surface area contributed by atoms with Crippen molar-refractivity contribution in [3.8, 4) is 0 Å². The molecule has 0 amide bonds. The van der Waals surface area contributed by atoms with E-state index in [1.54, 1.807) is 0 Å². The summed E-state index contributed by atoms with van der Waals surface area (Å²) in [6, 6.07) is 2.22. The Kier molecular flexibility index (Phi) is 3.96. The van der Waals surface area contributed by atoms with E-state index in [9.17, 15) is 13.6 Å². The molecule has 80 valence electrons. The zero-order valence-corrected chi connectivity index (χ0v) is 9.35. The largest absolute Gasteiger partial charge is 0.466 e. The summed E-state index contributed by atoms with van der Waals surface area (Å²) in [7, 11) is 1.18. The van der Waals surface area contributed by atoms with Gasteiger partial charge in [0, 0.05) is 16.1 Å². The van der Waals surface area contributed by atoms with Gasteiger partial charge in [0.15, 0.2) is 0 Å². The fourth-order valence-corrected chi connectivity index (χ4v) is 1.33. The molecule has 0 spiro atoms. The lowest BCUT2D eigenvalue weighted by atomic mass is 10.2. The van der Waals surface area contributed by atoms with E-state index in [4.69, 9.17) is 0 Å². The molecule has 0 atom stereocenters. The summed E-state index contributed by atoms with van der Waals surface area (Å²) < 4.78 is 31.0. The number of ether oxygens (including phenoxy) is 1. The van der Waals surface area contributed by atoms with Crippen LogP contribution in [0, 0.1) is 11.6 Å². The number of benzene rings is 1. The normalized spacial score (nSPS) is 10.7. The topological polar surface area (TPSA) is 26.3 Å². The maximum Gasteiger partial charge on any atom is 0.330 e. The number of methoxy groups -OCH3 is 1. The molecule has 15 heavy (non-hydrogen) atoms. The third kappa shape index (κ3) is 3.13. The first-order valence-corrected chi connectivity index (χ1v) is 4.74. The van der Waals surface area contributed by atoms with Crippen molar-refractivity contribution in [2.45, 2.75) is 0 Å². The van der Waals surface area contributed by atoms with Gasteiger partial charge in [0.25, 0.3) is 0 Å². The Labute approximate surface area is 93.7 Å². The molecule has 0 aromatic heterocycles. The number of hydrogen-bond acceptors (Lipinski definition) is 2. The Balaban J connectivity index is 3.05. The molecule has 0 N–H and O–H groups in total. The number of esters is 1. The maximum atomic E-state index is 13.2. The zero-order valence-electron chi connectivity index (χ0n) is 7.76. The highest BCUT2D eigenvalue weighted by Crippen LogP contribution is 2.20. The second-order valence-electron chi connectivity index (χ2n) is 2.64. The van der Waals surface area contributed by atoms with Crippen molar-refractivity contribution in [3.63, 3.8) is 0 Å². The Morgan fingerprint density at radius 1 is 1.40 bits per heavy atom. The number of hydrogen-bond donors (Lipinski definition) is 0. The molecule has 0 aliphatic rings. The van der Waals surface area contributed by atoms with Crippen molar-refractivity contribution in [1.29, 1.82) is 0 Å². The molecule has 1 aromatic carbocycles. The summed E-state index contributed by atoms with van der Waals surface area (Å²) in [6.07, 6.45) is 1.98. The van der Waals surface area contributed by atoms with Gasteiger partial charge in [-0.1, -0.05) is 15.9 Å². The third-order valence-corrected chi connectivity index (χ3v) is 2.09. The van der Waals surface area contributed by atoms with Crippen molar-refractivity contribution in [2.75, 3.05) is 7.11 Å². The smallest absolute Gasteiger partial charge is 0.330 e. The van der Waals surface area contributed by atoms with Crippen LogP contribution in [0.3, 0.4) is 0 Å². The molecule has 0 saturated heterocycles. The van der Waals surface area contributed by atoms with E-state index in [0.29, 0.717) is 4.47 Å². The number of carbonyl (C=O) groups is 1. The molecule has 0 aliphatic carbocycles. The van der Waals surface area contributed by atoms with Crippen molar-refractivity contribution < 1.29 is 18.3 Å². The van der Waals surface area contributed by atoms with Crippen LogP contribution in [0.15, 0.2) is 22.7 Å². The van der Waals surface area contributed by atoms with Crippen LogP contribution in [0.2, 0.25) is 0 Å². The van der Waals surface area contributed by atoms with E-state index in [-0.39, 0.29) is 5.56 Å². The highest BCUT2D eigenvalue weighted by atomic mass is 79.9. The molecule has 5 heteroatoms. The first kappa shape index (κ1) is 11.8. The summed E-state index contributed by atoms with van der Waals surface area (Å²) in [5, 5.41) is 0. The Morgan fingerprint density at radius 2 is 1.93 bits per heavy atom. The van der Waals surface area contributed by atoms with Crippen molar-refractivity contribution >= 4 is 28.0 Å². The summed E-state index contributed by atoms with van der Waals surface area (Å²) >= 11 is 2.95. The van der Waals surface area contributed by atoms with E-state index in [1.165, 1.54) is 7.11 Å². The predicted octanol–water partition coefficient (Wildman–Crippen LogP) is 2.91. The Bertz CT molecular complexity index is 393. The maximum absolute atomic E-state index is 13.2. The molecule has 2 nitrogen and oxygen atoms in total. The average Bonchev–Trinajstić information content (AvgIpc) is 2.15. The standard InChI is InChI=1S/C10H7BrF2O2/c1-15-10(14)3-2-7-8(12)4-6(11)5-9(7)13/h2-5H,1H3. The van der Waals surface area contributed by atoms with Crippen LogP contribution in [-0.4, -0.2) is 13.1 Å². The minimum atomic E-state index is -0.748. The van der Waals surface area contributed by atoms with E-state index >= 15 is 0 Å². The summed E-state index contributed by atoms with van der Waals surface area (Å²) in [4.78, 5) is 10.7. The Hall–Kier alpha value is -1.23. The van der Waals surface area contributed by atoms with Crippen LogP contribution in [-0.2, 0) is 9.53 Å². The lowest BCUT2D eigenvalue weighted by molar-refractivity contribution is -0.134. The summed E-state index contributed by atoms with van der Waals surface area (Å²) in [5.74, 6) is -2.17. The minimum Gasteiger partial charge on any atom is -0.466 e. The number of carbonyl (C=O) groups excluding carboxylic acids is 1. The van der Waals surface area contributed by atoms with E-state index in [0.717, 1.165) is 24.3 Å². The zero-order chi connectivity index (χ0) is 11.4. The van der Waals surface area contributed by atoms with Gasteiger partial charge in [0.1, 0.15) is 11.6 Å². The van der Waals surface area contributed by atoms with Gasteiger partial charge in [0.05, 0.1) is 7.11 Å².